The van der Waals surface area contributed by atoms with Crippen molar-refractivity contribution in [2.45, 2.75) is 58.5 Å². The van der Waals surface area contributed by atoms with Crippen LogP contribution in [-0.2, 0) is 14.3 Å². The van der Waals surface area contributed by atoms with Crippen LogP contribution >= 0.6 is 11.3 Å². The maximum absolute atomic E-state index is 12.5. The minimum atomic E-state index is -1.25. The fraction of sp³-hybridized carbons (Fsp3) is 0.542. The maximum Gasteiger partial charge on any atom is 0.312 e. The average Bonchev–Trinajstić information content (AvgIpc) is 3.36. The van der Waals surface area contributed by atoms with E-state index in [0.717, 1.165) is 15.9 Å². The van der Waals surface area contributed by atoms with E-state index in [-0.39, 0.29) is 12.5 Å². The molecule has 4 rings (SSSR count). The molecular weight excluding hydrogens is 484 g/mol. The van der Waals surface area contributed by atoms with Crippen molar-refractivity contribution < 1.29 is 24.5 Å². The molecule has 11 nitrogen and oxygen atoms in total. The van der Waals surface area contributed by atoms with Gasteiger partial charge in [-0.3, -0.25) is 9.78 Å². The standard InChI is InChI=1S/C24H32N6O5S/c1-11(2)35-23(33)14-10-15(20(32)19(14)31)28-21-17(12(3)27-24(30-21)26-8-9-34-5)22-29-18-13(4)25-7-6-16(18)36-22/h6-7,11,14-15,19-20,31-32H,8-10H2,1-5H3,(H2,26,27,28,30)/t14-,15+,19+,20-/m0/s1. The molecule has 0 unspecified atom stereocenters. The van der Waals surface area contributed by atoms with E-state index in [1.165, 1.54) is 11.3 Å². The molecule has 1 saturated carbocycles. The van der Waals surface area contributed by atoms with Crippen LogP contribution in [-0.4, -0.2) is 80.7 Å². The molecule has 0 aromatic carbocycles. The second-order valence-corrected chi connectivity index (χ2v) is 10.1. The summed E-state index contributed by atoms with van der Waals surface area (Å²) in [7, 11) is 1.61. The topological polar surface area (TPSA) is 152 Å². The number of carbonyl (C=O) groups excluding carboxylic acids is 1. The molecule has 1 aliphatic carbocycles. The van der Waals surface area contributed by atoms with Gasteiger partial charge in [0.1, 0.15) is 22.4 Å². The van der Waals surface area contributed by atoms with Gasteiger partial charge in [0.25, 0.3) is 0 Å². The zero-order valence-electron chi connectivity index (χ0n) is 21.0. The van der Waals surface area contributed by atoms with Gasteiger partial charge in [-0.05, 0) is 40.2 Å². The molecule has 0 radical (unpaired) electrons. The molecule has 194 valence electrons. The summed E-state index contributed by atoms with van der Waals surface area (Å²) in [4.78, 5) is 30.9. The lowest BCUT2D eigenvalue weighted by Gasteiger charge is -2.21. The van der Waals surface area contributed by atoms with E-state index in [0.29, 0.717) is 41.2 Å². The molecule has 1 aliphatic rings. The van der Waals surface area contributed by atoms with E-state index in [1.54, 1.807) is 27.2 Å². The number of thiazole rings is 1. The number of nitrogens with zero attached hydrogens (tertiary/aromatic N) is 4. The number of pyridine rings is 1. The Bertz CT molecular complexity index is 1240. The molecule has 3 heterocycles. The number of rotatable bonds is 9. The van der Waals surface area contributed by atoms with E-state index in [9.17, 15) is 15.0 Å². The predicted molar refractivity (Wildman–Crippen MR) is 137 cm³/mol. The third-order valence-corrected chi connectivity index (χ3v) is 7.08. The average molecular weight is 517 g/mol. The Morgan fingerprint density at radius 1 is 1.19 bits per heavy atom. The zero-order chi connectivity index (χ0) is 26.0. The fourth-order valence-electron chi connectivity index (χ4n) is 4.27. The Kier molecular flexibility index (Phi) is 7.98. The molecular formula is C24H32N6O5S. The monoisotopic (exact) mass is 516 g/mol. The van der Waals surface area contributed by atoms with Crippen molar-refractivity contribution in [2.75, 3.05) is 30.9 Å². The number of nitrogens with one attached hydrogen (secondary N) is 2. The normalized spacial score (nSPS) is 21.8. The first-order chi connectivity index (χ1) is 17.2. The third kappa shape index (κ3) is 5.41. The Hall–Kier alpha value is -2.93. The van der Waals surface area contributed by atoms with Crippen LogP contribution in [0.25, 0.3) is 20.8 Å². The maximum atomic E-state index is 12.5. The number of aromatic nitrogens is 4. The summed E-state index contributed by atoms with van der Waals surface area (Å²) in [6.45, 7) is 8.25. The quantitative estimate of drug-likeness (QED) is 0.245. The number of aliphatic hydroxyl groups is 2. The minimum Gasteiger partial charge on any atom is -0.463 e. The SMILES string of the molecule is COCCNc1nc(C)c(-c2nc3c(C)nccc3s2)c(N[C@@H]2C[C@H](C(=O)OC(C)C)[C@@H](O)[C@H]2O)n1. The van der Waals surface area contributed by atoms with E-state index in [1.807, 2.05) is 19.9 Å². The molecule has 3 aromatic rings. The van der Waals surface area contributed by atoms with Crippen molar-refractivity contribution in [2.24, 2.45) is 5.92 Å². The molecule has 4 N–H and O–H groups in total. The van der Waals surface area contributed by atoms with Gasteiger partial charge in [0.2, 0.25) is 5.95 Å². The number of aliphatic hydroxyl groups excluding tert-OH is 2. The van der Waals surface area contributed by atoms with E-state index < -0.39 is 30.1 Å². The second-order valence-electron chi connectivity index (χ2n) is 9.10. The summed E-state index contributed by atoms with van der Waals surface area (Å²) in [5.41, 5.74) is 2.99. The number of aryl methyl sites for hydroxylation is 2. The number of fused-ring (bicyclic) bond motifs is 1. The molecule has 0 aliphatic heterocycles. The second kappa shape index (κ2) is 11.0. The highest BCUT2D eigenvalue weighted by molar-refractivity contribution is 7.21. The van der Waals surface area contributed by atoms with Crippen LogP contribution in [0.5, 0.6) is 0 Å². The highest BCUT2D eigenvalue weighted by Gasteiger charge is 2.46. The molecule has 1 fully saturated rings. The van der Waals surface area contributed by atoms with Crippen molar-refractivity contribution in [3.8, 4) is 10.6 Å². The molecule has 0 saturated heterocycles. The van der Waals surface area contributed by atoms with Crippen LogP contribution in [0.3, 0.4) is 0 Å². The number of carbonyl (C=O) groups is 1. The predicted octanol–water partition coefficient (Wildman–Crippen LogP) is 2.30. The van der Waals surface area contributed by atoms with E-state index in [4.69, 9.17) is 14.5 Å². The van der Waals surface area contributed by atoms with Crippen molar-refractivity contribution in [3.63, 3.8) is 0 Å². The van der Waals surface area contributed by atoms with Crippen LogP contribution in [0.15, 0.2) is 12.3 Å². The number of methoxy groups -OCH3 is 1. The summed E-state index contributed by atoms with van der Waals surface area (Å²) in [5, 5.41) is 28.5. The van der Waals surface area contributed by atoms with Gasteiger partial charge in [-0.15, -0.1) is 11.3 Å². The molecule has 0 spiro atoms. The van der Waals surface area contributed by atoms with Gasteiger partial charge in [-0.1, -0.05) is 0 Å². The highest BCUT2D eigenvalue weighted by atomic mass is 32.1. The summed E-state index contributed by atoms with van der Waals surface area (Å²) < 4.78 is 11.4. The largest absolute Gasteiger partial charge is 0.463 e. The third-order valence-electron chi connectivity index (χ3n) is 6.04. The van der Waals surface area contributed by atoms with E-state index >= 15 is 0 Å². The first-order valence-corrected chi connectivity index (χ1v) is 12.7. The summed E-state index contributed by atoms with van der Waals surface area (Å²) >= 11 is 1.49. The van der Waals surface area contributed by atoms with Crippen molar-refractivity contribution in [3.05, 3.63) is 23.7 Å². The van der Waals surface area contributed by atoms with Crippen LogP contribution in [0, 0.1) is 19.8 Å². The molecule has 0 amide bonds. The number of anilines is 2. The number of ether oxygens (including phenoxy) is 2. The van der Waals surface area contributed by atoms with Crippen LogP contribution in [0.4, 0.5) is 11.8 Å². The Morgan fingerprint density at radius 2 is 1.97 bits per heavy atom. The highest BCUT2D eigenvalue weighted by Crippen LogP contribution is 2.38. The van der Waals surface area contributed by atoms with Gasteiger partial charge >= 0.3 is 5.97 Å². The Morgan fingerprint density at radius 3 is 2.67 bits per heavy atom. The van der Waals surface area contributed by atoms with Gasteiger partial charge in [0.15, 0.2) is 0 Å². The lowest BCUT2D eigenvalue weighted by molar-refractivity contribution is -0.156. The van der Waals surface area contributed by atoms with Crippen molar-refractivity contribution in [1.82, 2.24) is 19.9 Å². The van der Waals surface area contributed by atoms with Gasteiger partial charge in [-0.2, -0.15) is 4.98 Å². The van der Waals surface area contributed by atoms with Gasteiger partial charge < -0.3 is 30.3 Å². The zero-order valence-corrected chi connectivity index (χ0v) is 21.8. The molecule has 36 heavy (non-hydrogen) atoms. The van der Waals surface area contributed by atoms with Gasteiger partial charge in [-0.25, -0.2) is 9.97 Å². The molecule has 3 aromatic heterocycles. The number of esters is 1. The molecule has 0 bridgehead atoms. The van der Waals surface area contributed by atoms with Crippen molar-refractivity contribution >= 4 is 39.3 Å². The smallest absolute Gasteiger partial charge is 0.312 e. The van der Waals surface area contributed by atoms with Gasteiger partial charge in [0, 0.05) is 19.9 Å². The van der Waals surface area contributed by atoms with E-state index in [2.05, 4.69) is 25.6 Å². The number of hydrogen-bond donors (Lipinski definition) is 4. The molecule has 4 atom stereocenters. The summed E-state index contributed by atoms with van der Waals surface area (Å²) in [6.07, 6.45) is -0.827. The Labute approximate surface area is 213 Å². The van der Waals surface area contributed by atoms with Crippen LogP contribution in [0.2, 0.25) is 0 Å². The lowest BCUT2D eigenvalue weighted by Crippen LogP contribution is -2.37. The minimum absolute atomic E-state index is 0.186. The van der Waals surface area contributed by atoms with Crippen molar-refractivity contribution in [1.29, 1.82) is 0 Å². The number of hydrogen-bond acceptors (Lipinski definition) is 12. The van der Waals surface area contributed by atoms with Gasteiger partial charge in [0.05, 0.1) is 52.4 Å². The van der Waals surface area contributed by atoms with Crippen LogP contribution < -0.4 is 10.6 Å². The summed E-state index contributed by atoms with van der Waals surface area (Å²) in [5.74, 6) is -0.544. The summed E-state index contributed by atoms with van der Waals surface area (Å²) in [6, 6.07) is 1.28. The lowest BCUT2D eigenvalue weighted by atomic mass is 10.1. The van der Waals surface area contributed by atoms with Crippen LogP contribution in [0.1, 0.15) is 31.7 Å². The first-order valence-electron chi connectivity index (χ1n) is 11.9. The first kappa shape index (κ1) is 26.1. The fourth-order valence-corrected chi connectivity index (χ4v) is 5.38. The Balaban J connectivity index is 1.70. The molecule has 12 heteroatoms.